The minimum atomic E-state index is 0.405. The fraction of sp³-hybridized carbons (Fsp3) is 0.692. The molecule has 0 aromatic carbocycles. The van der Waals surface area contributed by atoms with E-state index < -0.39 is 0 Å². The zero-order chi connectivity index (χ0) is 11.8. The molecule has 0 amide bonds. The summed E-state index contributed by atoms with van der Waals surface area (Å²) in [6.07, 6.45) is 6.34. The van der Waals surface area contributed by atoms with E-state index in [9.17, 15) is 0 Å². The summed E-state index contributed by atoms with van der Waals surface area (Å²) >= 11 is 6.04. The molecule has 1 aromatic heterocycles. The highest BCUT2D eigenvalue weighted by molar-refractivity contribution is 6.28. The quantitative estimate of drug-likeness (QED) is 0.755. The molecule has 0 radical (unpaired) electrons. The van der Waals surface area contributed by atoms with E-state index in [2.05, 4.69) is 27.9 Å². The molecule has 2 fully saturated rings. The van der Waals surface area contributed by atoms with Crippen LogP contribution in [-0.4, -0.2) is 22.6 Å². The summed E-state index contributed by atoms with van der Waals surface area (Å²) in [6.45, 7) is 3.37. The maximum absolute atomic E-state index is 6.04. The molecule has 1 aliphatic heterocycles. The van der Waals surface area contributed by atoms with E-state index in [1.807, 2.05) is 0 Å². The Balaban J connectivity index is 1.90. The van der Waals surface area contributed by atoms with Crippen molar-refractivity contribution in [2.75, 3.05) is 11.4 Å². The van der Waals surface area contributed by atoms with Crippen LogP contribution in [0.25, 0.3) is 0 Å². The molecular weight excluding hydrogens is 234 g/mol. The van der Waals surface area contributed by atoms with Crippen molar-refractivity contribution in [2.24, 2.45) is 0 Å². The Labute approximate surface area is 107 Å². The molecule has 0 N–H and O–H groups in total. The van der Waals surface area contributed by atoms with Crippen LogP contribution >= 0.6 is 11.6 Å². The number of piperidine rings is 1. The molecule has 0 bridgehead atoms. The van der Waals surface area contributed by atoms with Crippen LogP contribution in [0.4, 0.5) is 5.82 Å². The second kappa shape index (κ2) is 4.45. The van der Waals surface area contributed by atoms with E-state index in [0.717, 1.165) is 18.1 Å². The first-order chi connectivity index (χ1) is 8.24. The van der Waals surface area contributed by atoms with E-state index >= 15 is 0 Å². The van der Waals surface area contributed by atoms with E-state index in [-0.39, 0.29) is 0 Å². The maximum Gasteiger partial charge on any atom is 0.224 e. The maximum atomic E-state index is 6.04. The highest BCUT2D eigenvalue weighted by Crippen LogP contribution is 2.40. The summed E-state index contributed by atoms with van der Waals surface area (Å²) in [7, 11) is 0. The van der Waals surface area contributed by atoms with Crippen LogP contribution in [-0.2, 0) is 0 Å². The van der Waals surface area contributed by atoms with Crippen LogP contribution in [0.15, 0.2) is 6.07 Å². The Hall–Kier alpha value is -0.830. The molecule has 1 aliphatic carbocycles. The molecule has 2 heterocycles. The first-order valence-electron chi connectivity index (χ1n) is 6.55. The average molecular weight is 252 g/mol. The van der Waals surface area contributed by atoms with Crippen molar-refractivity contribution in [1.82, 2.24) is 9.97 Å². The normalized spacial score (nSPS) is 25.1. The third kappa shape index (κ3) is 2.39. The lowest BCUT2D eigenvalue weighted by Crippen LogP contribution is -2.38. The summed E-state index contributed by atoms with van der Waals surface area (Å²) in [5, 5.41) is 0.405. The minimum absolute atomic E-state index is 0.405. The topological polar surface area (TPSA) is 29.0 Å². The van der Waals surface area contributed by atoms with E-state index in [4.69, 9.17) is 11.6 Å². The Morgan fingerprint density at radius 3 is 2.76 bits per heavy atom. The standard InChI is InChI=1S/C13H18ClN3/c1-9-4-2-3-7-17(9)12-8-11(10-5-6-10)15-13(14)16-12/h8-10H,2-7H2,1H3. The van der Waals surface area contributed by atoms with Gasteiger partial charge in [0.1, 0.15) is 5.82 Å². The van der Waals surface area contributed by atoms with Crippen LogP contribution in [0.1, 0.15) is 50.6 Å². The van der Waals surface area contributed by atoms with Crippen molar-refractivity contribution in [3.8, 4) is 0 Å². The first-order valence-corrected chi connectivity index (χ1v) is 6.93. The zero-order valence-corrected chi connectivity index (χ0v) is 11.0. The summed E-state index contributed by atoms with van der Waals surface area (Å²) in [5.41, 5.74) is 1.14. The van der Waals surface area contributed by atoms with Gasteiger partial charge >= 0.3 is 0 Å². The van der Waals surface area contributed by atoms with Crippen LogP contribution < -0.4 is 4.90 Å². The van der Waals surface area contributed by atoms with Gasteiger partial charge in [-0.05, 0) is 50.6 Å². The van der Waals surface area contributed by atoms with E-state index in [1.54, 1.807) is 0 Å². The van der Waals surface area contributed by atoms with Gasteiger partial charge in [-0.15, -0.1) is 0 Å². The third-order valence-electron chi connectivity index (χ3n) is 3.80. The lowest BCUT2D eigenvalue weighted by atomic mass is 10.0. The number of hydrogen-bond donors (Lipinski definition) is 0. The highest BCUT2D eigenvalue weighted by Gasteiger charge is 2.28. The van der Waals surface area contributed by atoms with Crippen molar-refractivity contribution in [2.45, 2.75) is 51.0 Å². The molecule has 1 atom stereocenters. The predicted octanol–water partition coefficient (Wildman–Crippen LogP) is 3.39. The average Bonchev–Trinajstić information content (AvgIpc) is 3.12. The second-order valence-corrected chi connectivity index (χ2v) is 5.57. The summed E-state index contributed by atoms with van der Waals surface area (Å²) in [4.78, 5) is 11.1. The van der Waals surface area contributed by atoms with Gasteiger partial charge < -0.3 is 4.90 Å². The highest BCUT2D eigenvalue weighted by atomic mass is 35.5. The molecule has 3 nitrogen and oxygen atoms in total. The monoisotopic (exact) mass is 251 g/mol. The smallest absolute Gasteiger partial charge is 0.224 e. The number of anilines is 1. The van der Waals surface area contributed by atoms with Gasteiger partial charge in [0.25, 0.3) is 0 Å². The van der Waals surface area contributed by atoms with Gasteiger partial charge in [0.2, 0.25) is 5.28 Å². The minimum Gasteiger partial charge on any atom is -0.354 e. The van der Waals surface area contributed by atoms with Crippen molar-refractivity contribution in [1.29, 1.82) is 0 Å². The molecular formula is C13H18ClN3. The Kier molecular flexibility index (Phi) is 2.95. The summed E-state index contributed by atoms with van der Waals surface area (Å²) in [5.74, 6) is 1.66. The molecule has 1 saturated heterocycles. The molecule has 4 heteroatoms. The second-order valence-electron chi connectivity index (χ2n) is 5.23. The van der Waals surface area contributed by atoms with Gasteiger partial charge in [-0.25, -0.2) is 9.97 Å². The number of rotatable bonds is 2. The lowest BCUT2D eigenvalue weighted by molar-refractivity contribution is 0.481. The van der Waals surface area contributed by atoms with Gasteiger partial charge in [-0.1, -0.05) is 0 Å². The van der Waals surface area contributed by atoms with Crippen LogP contribution in [0.5, 0.6) is 0 Å². The van der Waals surface area contributed by atoms with E-state index in [0.29, 0.717) is 17.2 Å². The SMILES string of the molecule is CC1CCCCN1c1cc(C2CC2)nc(Cl)n1. The Morgan fingerprint density at radius 1 is 1.24 bits per heavy atom. The van der Waals surface area contributed by atoms with Crippen molar-refractivity contribution in [3.05, 3.63) is 17.0 Å². The number of hydrogen-bond acceptors (Lipinski definition) is 3. The molecule has 3 rings (SSSR count). The zero-order valence-electron chi connectivity index (χ0n) is 10.2. The van der Waals surface area contributed by atoms with Crippen LogP contribution in [0.3, 0.4) is 0 Å². The molecule has 1 unspecified atom stereocenters. The van der Waals surface area contributed by atoms with Gasteiger partial charge in [0.05, 0.1) is 5.69 Å². The van der Waals surface area contributed by atoms with Crippen molar-refractivity contribution < 1.29 is 0 Å². The molecule has 1 aromatic rings. The number of aromatic nitrogens is 2. The largest absolute Gasteiger partial charge is 0.354 e. The molecule has 1 saturated carbocycles. The predicted molar refractivity (Wildman–Crippen MR) is 69.7 cm³/mol. The first kappa shape index (κ1) is 11.3. The molecule has 2 aliphatic rings. The number of nitrogens with zero attached hydrogens (tertiary/aromatic N) is 3. The van der Waals surface area contributed by atoms with E-state index in [1.165, 1.54) is 32.1 Å². The van der Waals surface area contributed by atoms with Crippen LogP contribution in [0.2, 0.25) is 5.28 Å². The van der Waals surface area contributed by atoms with Gasteiger partial charge in [-0.3, -0.25) is 0 Å². The fourth-order valence-corrected chi connectivity index (χ4v) is 2.78. The Bertz CT molecular complexity index is 417. The lowest BCUT2D eigenvalue weighted by Gasteiger charge is -2.34. The molecule has 92 valence electrons. The Morgan fingerprint density at radius 2 is 2.06 bits per heavy atom. The summed E-state index contributed by atoms with van der Waals surface area (Å²) < 4.78 is 0. The third-order valence-corrected chi connectivity index (χ3v) is 3.97. The van der Waals surface area contributed by atoms with Crippen molar-refractivity contribution in [3.63, 3.8) is 0 Å². The van der Waals surface area contributed by atoms with Gasteiger partial charge in [0, 0.05) is 24.6 Å². The molecule has 17 heavy (non-hydrogen) atoms. The van der Waals surface area contributed by atoms with Gasteiger partial charge in [-0.2, -0.15) is 0 Å². The van der Waals surface area contributed by atoms with Crippen molar-refractivity contribution >= 4 is 17.4 Å². The summed E-state index contributed by atoms with van der Waals surface area (Å²) in [6, 6.07) is 2.72. The number of halogens is 1. The fourth-order valence-electron chi connectivity index (χ4n) is 2.60. The van der Waals surface area contributed by atoms with Crippen LogP contribution in [0, 0.1) is 0 Å². The van der Waals surface area contributed by atoms with Gasteiger partial charge in [0.15, 0.2) is 0 Å². The molecule has 0 spiro atoms.